The van der Waals surface area contributed by atoms with Crippen molar-refractivity contribution >= 4 is 38.1 Å². The second kappa shape index (κ2) is 7.72. The molecule has 0 aliphatic heterocycles. The molecule has 2 heterocycles. The first kappa shape index (κ1) is 16.8. The molecule has 0 unspecified atom stereocenters. The Bertz CT molecular complexity index is 1050. The van der Waals surface area contributed by atoms with Gasteiger partial charge >= 0.3 is 0 Å². The summed E-state index contributed by atoms with van der Waals surface area (Å²) in [5.74, 6) is 0.776. The van der Waals surface area contributed by atoms with Crippen LogP contribution >= 0.6 is 11.3 Å². The highest BCUT2D eigenvalue weighted by Crippen LogP contribution is 2.24. The average molecular weight is 363 g/mol. The van der Waals surface area contributed by atoms with Crippen LogP contribution in [0.15, 0.2) is 65.5 Å². The van der Waals surface area contributed by atoms with Crippen molar-refractivity contribution in [2.24, 2.45) is 0 Å². The number of pyridine rings is 1. The van der Waals surface area contributed by atoms with Gasteiger partial charge in [0.1, 0.15) is 5.82 Å². The van der Waals surface area contributed by atoms with Crippen LogP contribution in [-0.4, -0.2) is 18.1 Å². The number of H-pyrrole nitrogens is 1. The van der Waals surface area contributed by atoms with Crippen molar-refractivity contribution in [3.63, 3.8) is 0 Å². The number of fused-ring (bicyclic) bond motifs is 2. The Morgan fingerprint density at radius 1 is 0.962 bits per heavy atom. The van der Waals surface area contributed by atoms with E-state index in [-0.39, 0.29) is 5.43 Å². The van der Waals surface area contributed by atoms with Crippen molar-refractivity contribution in [2.45, 2.75) is 13.0 Å². The maximum absolute atomic E-state index is 12.1. The number of thiophene rings is 1. The van der Waals surface area contributed by atoms with Gasteiger partial charge in [-0.1, -0.05) is 30.3 Å². The SMILES string of the molecule is O=c1cc(NCCCNCc2cc3ccccc3s2)[nH]c2ccccc12. The first-order valence-electron chi connectivity index (χ1n) is 8.84. The van der Waals surface area contributed by atoms with Crippen molar-refractivity contribution in [1.29, 1.82) is 0 Å². The van der Waals surface area contributed by atoms with E-state index >= 15 is 0 Å². The fraction of sp³-hybridized carbons (Fsp3) is 0.190. The predicted molar refractivity (Wildman–Crippen MR) is 111 cm³/mol. The Labute approximate surface area is 155 Å². The summed E-state index contributed by atoms with van der Waals surface area (Å²) in [7, 11) is 0. The lowest BCUT2D eigenvalue weighted by atomic mass is 10.2. The number of benzene rings is 2. The van der Waals surface area contributed by atoms with Crippen molar-refractivity contribution in [2.75, 3.05) is 18.4 Å². The molecule has 2 aromatic carbocycles. The monoisotopic (exact) mass is 363 g/mol. The molecule has 5 heteroatoms. The second-order valence-corrected chi connectivity index (χ2v) is 7.47. The maximum atomic E-state index is 12.1. The van der Waals surface area contributed by atoms with Crippen LogP contribution in [0.2, 0.25) is 0 Å². The van der Waals surface area contributed by atoms with Gasteiger partial charge in [-0.2, -0.15) is 0 Å². The van der Waals surface area contributed by atoms with Crippen molar-refractivity contribution in [3.8, 4) is 0 Å². The molecule has 0 amide bonds. The van der Waals surface area contributed by atoms with E-state index in [0.29, 0.717) is 0 Å². The van der Waals surface area contributed by atoms with Gasteiger partial charge in [0.15, 0.2) is 5.43 Å². The Kier molecular flexibility index (Phi) is 5.00. The van der Waals surface area contributed by atoms with E-state index in [1.54, 1.807) is 6.07 Å². The summed E-state index contributed by atoms with van der Waals surface area (Å²) >= 11 is 1.84. The summed E-state index contributed by atoms with van der Waals surface area (Å²) in [6.45, 7) is 2.64. The number of aromatic nitrogens is 1. The van der Waals surface area contributed by atoms with Crippen molar-refractivity contribution in [3.05, 3.63) is 75.8 Å². The fourth-order valence-electron chi connectivity index (χ4n) is 3.06. The number of hydrogen-bond acceptors (Lipinski definition) is 4. The van der Waals surface area contributed by atoms with Crippen LogP contribution in [0.3, 0.4) is 0 Å². The zero-order valence-electron chi connectivity index (χ0n) is 14.4. The molecule has 0 atom stereocenters. The number of nitrogens with one attached hydrogen (secondary N) is 3. The van der Waals surface area contributed by atoms with Crippen LogP contribution in [0.4, 0.5) is 5.82 Å². The smallest absolute Gasteiger partial charge is 0.191 e. The van der Waals surface area contributed by atoms with E-state index in [4.69, 9.17) is 0 Å². The van der Waals surface area contributed by atoms with Crippen LogP contribution in [0.1, 0.15) is 11.3 Å². The summed E-state index contributed by atoms with van der Waals surface area (Å²) in [4.78, 5) is 16.7. The number of aromatic amines is 1. The number of hydrogen-bond donors (Lipinski definition) is 3. The Morgan fingerprint density at radius 3 is 2.73 bits per heavy atom. The molecular formula is C21H21N3OS. The van der Waals surface area contributed by atoms with Gasteiger partial charge in [0.25, 0.3) is 0 Å². The third-order valence-electron chi connectivity index (χ3n) is 4.36. The Balaban J connectivity index is 1.24. The zero-order chi connectivity index (χ0) is 17.8. The fourth-order valence-corrected chi connectivity index (χ4v) is 4.10. The van der Waals surface area contributed by atoms with E-state index < -0.39 is 0 Å². The van der Waals surface area contributed by atoms with Crippen molar-refractivity contribution < 1.29 is 0 Å². The molecule has 0 saturated heterocycles. The molecule has 26 heavy (non-hydrogen) atoms. The molecule has 0 saturated carbocycles. The van der Waals surface area contributed by atoms with Gasteiger partial charge in [0, 0.05) is 34.1 Å². The summed E-state index contributed by atoms with van der Waals surface area (Å²) in [6, 6.07) is 19.9. The molecule has 0 fully saturated rings. The van der Waals surface area contributed by atoms with Gasteiger partial charge < -0.3 is 15.6 Å². The minimum Gasteiger partial charge on any atom is -0.371 e. The van der Waals surface area contributed by atoms with Crippen LogP contribution in [-0.2, 0) is 6.54 Å². The molecule has 4 aromatic rings. The molecule has 0 aliphatic carbocycles. The standard InChI is InChI=1S/C21H21N3OS/c25-19-13-21(24-18-8-3-2-7-17(18)19)23-11-5-10-22-14-16-12-15-6-1-4-9-20(15)26-16/h1-4,6-9,12-13,22H,5,10-11,14H2,(H2,23,24,25). The third kappa shape index (κ3) is 3.79. The Morgan fingerprint density at radius 2 is 1.81 bits per heavy atom. The zero-order valence-corrected chi connectivity index (χ0v) is 15.2. The van der Waals surface area contributed by atoms with E-state index in [1.165, 1.54) is 15.0 Å². The Hall–Kier alpha value is -2.63. The minimum absolute atomic E-state index is 0.0461. The molecule has 4 nitrogen and oxygen atoms in total. The lowest BCUT2D eigenvalue weighted by Gasteiger charge is -2.08. The molecular weight excluding hydrogens is 342 g/mol. The lowest BCUT2D eigenvalue weighted by Crippen LogP contribution is -2.17. The van der Waals surface area contributed by atoms with Gasteiger partial charge in [-0.05, 0) is 42.6 Å². The predicted octanol–water partition coefficient (Wildman–Crippen LogP) is 4.33. The number of para-hydroxylation sites is 1. The minimum atomic E-state index is 0.0461. The summed E-state index contributed by atoms with van der Waals surface area (Å²) in [5.41, 5.74) is 0.912. The summed E-state index contributed by atoms with van der Waals surface area (Å²) < 4.78 is 1.34. The summed E-state index contributed by atoms with van der Waals surface area (Å²) in [6.07, 6.45) is 0.986. The molecule has 0 aliphatic rings. The highest BCUT2D eigenvalue weighted by molar-refractivity contribution is 7.19. The highest BCUT2D eigenvalue weighted by Gasteiger charge is 2.02. The first-order valence-corrected chi connectivity index (χ1v) is 9.65. The lowest BCUT2D eigenvalue weighted by molar-refractivity contribution is 0.668. The molecule has 132 valence electrons. The van der Waals surface area contributed by atoms with Crippen LogP contribution in [0.25, 0.3) is 21.0 Å². The highest BCUT2D eigenvalue weighted by atomic mass is 32.1. The van der Waals surface area contributed by atoms with E-state index in [1.807, 2.05) is 35.6 Å². The average Bonchev–Trinajstić information content (AvgIpc) is 3.07. The quantitative estimate of drug-likeness (QED) is 0.428. The van der Waals surface area contributed by atoms with Crippen LogP contribution in [0, 0.1) is 0 Å². The van der Waals surface area contributed by atoms with Gasteiger partial charge in [-0.25, -0.2) is 0 Å². The largest absolute Gasteiger partial charge is 0.371 e. The van der Waals surface area contributed by atoms with Gasteiger partial charge in [-0.15, -0.1) is 11.3 Å². The van der Waals surface area contributed by atoms with Gasteiger partial charge in [0.2, 0.25) is 0 Å². The molecule has 0 spiro atoms. The number of anilines is 1. The molecule has 4 rings (SSSR count). The molecule has 0 radical (unpaired) electrons. The van der Waals surface area contributed by atoms with Gasteiger partial charge in [-0.3, -0.25) is 4.79 Å². The van der Waals surface area contributed by atoms with Crippen LogP contribution < -0.4 is 16.1 Å². The molecule has 3 N–H and O–H groups in total. The van der Waals surface area contributed by atoms with E-state index in [0.717, 1.165) is 42.8 Å². The van der Waals surface area contributed by atoms with E-state index in [2.05, 4.69) is 45.9 Å². The number of rotatable bonds is 7. The van der Waals surface area contributed by atoms with Gasteiger partial charge in [0.05, 0.1) is 5.52 Å². The van der Waals surface area contributed by atoms with E-state index in [9.17, 15) is 4.79 Å². The molecule has 2 aromatic heterocycles. The topological polar surface area (TPSA) is 56.9 Å². The second-order valence-electron chi connectivity index (χ2n) is 6.30. The normalized spacial score (nSPS) is 11.2. The van der Waals surface area contributed by atoms with Crippen molar-refractivity contribution in [1.82, 2.24) is 10.3 Å². The molecule has 0 bridgehead atoms. The third-order valence-corrected chi connectivity index (χ3v) is 5.47. The maximum Gasteiger partial charge on any atom is 0.191 e. The van der Waals surface area contributed by atoms with Crippen LogP contribution in [0.5, 0.6) is 0 Å². The first-order chi connectivity index (χ1) is 12.8. The summed E-state index contributed by atoms with van der Waals surface area (Å²) in [5, 5.41) is 8.83.